The van der Waals surface area contributed by atoms with Crippen LogP contribution in [0.3, 0.4) is 0 Å². The summed E-state index contributed by atoms with van der Waals surface area (Å²) in [7, 11) is 0. The first-order chi connectivity index (χ1) is 5.61. The first-order valence-electron chi connectivity index (χ1n) is 3.67. The van der Waals surface area contributed by atoms with Crippen LogP contribution in [0.25, 0.3) is 0 Å². The smallest absolute Gasteiger partial charge is 0.128 e. The average molecular weight is 166 g/mol. The second-order valence-corrected chi connectivity index (χ2v) is 2.64. The normalized spacial score (nSPS) is 11.8. The molecule has 0 aromatic heterocycles. The summed E-state index contributed by atoms with van der Waals surface area (Å²) in [5, 5.41) is 0. The van der Waals surface area contributed by atoms with Gasteiger partial charge in [-0.2, -0.15) is 0 Å². The van der Waals surface area contributed by atoms with Crippen molar-refractivity contribution in [1.29, 1.82) is 0 Å². The lowest BCUT2D eigenvalue weighted by atomic mass is 10.2. The Labute approximate surface area is 70.9 Å². The molecule has 12 heavy (non-hydrogen) atoms. The summed E-state index contributed by atoms with van der Waals surface area (Å²) in [5.41, 5.74) is 6.49. The first-order valence-corrected chi connectivity index (χ1v) is 3.67. The number of nitrogens with zero attached hydrogens (tertiary/aromatic N) is 1. The second-order valence-electron chi connectivity index (χ2n) is 2.64. The van der Waals surface area contributed by atoms with Crippen LogP contribution >= 0.6 is 0 Å². The standard InChI is InChI=1S/C9H11FN2/c1-6-8(10)4-3-5-9(6)12-7(2)11/h3-5H,1-2H3,(H2,11,12). The number of amidine groups is 1. The highest BCUT2D eigenvalue weighted by Crippen LogP contribution is 2.20. The van der Waals surface area contributed by atoms with Gasteiger partial charge in [-0.05, 0) is 26.0 Å². The average Bonchev–Trinajstić information content (AvgIpc) is 1.98. The molecule has 0 radical (unpaired) electrons. The molecule has 0 aliphatic carbocycles. The molecule has 0 unspecified atom stereocenters. The van der Waals surface area contributed by atoms with Gasteiger partial charge in [0.2, 0.25) is 0 Å². The summed E-state index contributed by atoms with van der Waals surface area (Å²) in [6.07, 6.45) is 0. The van der Waals surface area contributed by atoms with Crippen LogP contribution in [0.5, 0.6) is 0 Å². The maximum Gasteiger partial charge on any atom is 0.128 e. The highest BCUT2D eigenvalue weighted by Gasteiger charge is 2.00. The highest BCUT2D eigenvalue weighted by molar-refractivity contribution is 5.80. The van der Waals surface area contributed by atoms with Crippen molar-refractivity contribution in [3.8, 4) is 0 Å². The van der Waals surface area contributed by atoms with Crippen molar-refractivity contribution in [1.82, 2.24) is 0 Å². The van der Waals surface area contributed by atoms with E-state index in [9.17, 15) is 4.39 Å². The molecule has 0 amide bonds. The van der Waals surface area contributed by atoms with Gasteiger partial charge in [0.25, 0.3) is 0 Å². The van der Waals surface area contributed by atoms with Crippen LogP contribution in [0.15, 0.2) is 23.2 Å². The molecule has 0 atom stereocenters. The minimum Gasteiger partial charge on any atom is -0.387 e. The lowest BCUT2D eigenvalue weighted by Crippen LogP contribution is -2.04. The molecule has 0 heterocycles. The van der Waals surface area contributed by atoms with E-state index < -0.39 is 0 Å². The van der Waals surface area contributed by atoms with Crippen molar-refractivity contribution >= 4 is 11.5 Å². The topological polar surface area (TPSA) is 38.4 Å². The van der Waals surface area contributed by atoms with E-state index in [2.05, 4.69) is 4.99 Å². The molecule has 1 rings (SSSR count). The zero-order valence-corrected chi connectivity index (χ0v) is 7.13. The quantitative estimate of drug-likeness (QED) is 0.503. The maximum atomic E-state index is 12.9. The Morgan fingerprint density at radius 3 is 2.75 bits per heavy atom. The molecule has 0 fully saturated rings. The van der Waals surface area contributed by atoms with Crippen molar-refractivity contribution < 1.29 is 4.39 Å². The predicted molar refractivity (Wildman–Crippen MR) is 48.1 cm³/mol. The largest absolute Gasteiger partial charge is 0.387 e. The number of aliphatic imine (C=N–C) groups is 1. The van der Waals surface area contributed by atoms with Gasteiger partial charge in [0, 0.05) is 5.56 Å². The Hall–Kier alpha value is -1.38. The van der Waals surface area contributed by atoms with E-state index >= 15 is 0 Å². The fraction of sp³-hybridized carbons (Fsp3) is 0.222. The zero-order valence-electron chi connectivity index (χ0n) is 7.13. The molecule has 2 nitrogen and oxygen atoms in total. The van der Waals surface area contributed by atoms with Crippen molar-refractivity contribution in [2.75, 3.05) is 0 Å². The molecule has 3 heteroatoms. The number of halogens is 1. The molecule has 2 N–H and O–H groups in total. The SMILES string of the molecule is CC(N)=Nc1cccc(F)c1C. The van der Waals surface area contributed by atoms with E-state index in [1.807, 2.05) is 0 Å². The Bertz CT molecular complexity index is 314. The molecule has 64 valence electrons. The molecule has 0 aliphatic rings. The molecular weight excluding hydrogens is 155 g/mol. The van der Waals surface area contributed by atoms with Crippen molar-refractivity contribution in [3.63, 3.8) is 0 Å². The van der Waals surface area contributed by atoms with Crippen LogP contribution in [0.2, 0.25) is 0 Å². The van der Waals surface area contributed by atoms with Crippen LogP contribution in [0.4, 0.5) is 10.1 Å². The Kier molecular flexibility index (Phi) is 2.43. The van der Waals surface area contributed by atoms with Gasteiger partial charge in [0.1, 0.15) is 5.82 Å². The van der Waals surface area contributed by atoms with Crippen LogP contribution in [-0.4, -0.2) is 5.84 Å². The van der Waals surface area contributed by atoms with E-state index in [4.69, 9.17) is 5.73 Å². The van der Waals surface area contributed by atoms with Gasteiger partial charge in [-0.15, -0.1) is 0 Å². The predicted octanol–water partition coefficient (Wildman–Crippen LogP) is 2.14. The third kappa shape index (κ3) is 1.81. The van der Waals surface area contributed by atoms with Gasteiger partial charge in [0.15, 0.2) is 0 Å². The molecular formula is C9H11FN2. The Morgan fingerprint density at radius 2 is 2.17 bits per heavy atom. The molecule has 1 aromatic carbocycles. The monoisotopic (exact) mass is 166 g/mol. The van der Waals surface area contributed by atoms with Gasteiger partial charge >= 0.3 is 0 Å². The molecule has 0 bridgehead atoms. The summed E-state index contributed by atoms with van der Waals surface area (Å²) >= 11 is 0. The van der Waals surface area contributed by atoms with E-state index in [0.29, 0.717) is 17.1 Å². The van der Waals surface area contributed by atoms with Crippen molar-refractivity contribution in [3.05, 3.63) is 29.6 Å². The molecule has 0 saturated carbocycles. The summed E-state index contributed by atoms with van der Waals surface area (Å²) in [6, 6.07) is 4.75. The van der Waals surface area contributed by atoms with Gasteiger partial charge in [-0.3, -0.25) is 0 Å². The van der Waals surface area contributed by atoms with Crippen LogP contribution < -0.4 is 5.73 Å². The van der Waals surface area contributed by atoms with E-state index in [-0.39, 0.29) is 5.82 Å². The fourth-order valence-electron chi connectivity index (χ4n) is 0.907. The van der Waals surface area contributed by atoms with Crippen molar-refractivity contribution in [2.24, 2.45) is 10.7 Å². The number of hydrogen-bond donors (Lipinski definition) is 1. The molecule has 0 aliphatic heterocycles. The minimum absolute atomic E-state index is 0.252. The van der Waals surface area contributed by atoms with Gasteiger partial charge < -0.3 is 5.73 Å². The Balaban J connectivity index is 3.17. The van der Waals surface area contributed by atoms with Crippen molar-refractivity contribution in [2.45, 2.75) is 13.8 Å². The van der Waals surface area contributed by atoms with E-state index in [1.165, 1.54) is 6.07 Å². The molecule has 1 aromatic rings. The molecule has 0 spiro atoms. The summed E-state index contributed by atoms with van der Waals surface area (Å²) < 4.78 is 12.9. The van der Waals surface area contributed by atoms with Gasteiger partial charge in [-0.1, -0.05) is 6.07 Å². The second kappa shape index (κ2) is 3.34. The maximum absolute atomic E-state index is 12.9. The number of nitrogens with two attached hydrogens (primary N) is 1. The minimum atomic E-state index is -0.252. The zero-order chi connectivity index (χ0) is 9.14. The number of hydrogen-bond acceptors (Lipinski definition) is 1. The fourth-order valence-corrected chi connectivity index (χ4v) is 0.907. The van der Waals surface area contributed by atoms with Gasteiger partial charge in [-0.25, -0.2) is 9.38 Å². The number of benzene rings is 1. The summed E-state index contributed by atoms with van der Waals surface area (Å²) in [4.78, 5) is 3.97. The third-order valence-electron chi connectivity index (χ3n) is 1.54. The highest BCUT2D eigenvalue weighted by atomic mass is 19.1. The van der Waals surface area contributed by atoms with Gasteiger partial charge in [0.05, 0.1) is 11.5 Å². The first kappa shape index (κ1) is 8.71. The summed E-state index contributed by atoms with van der Waals surface area (Å²) in [6.45, 7) is 3.35. The summed E-state index contributed by atoms with van der Waals surface area (Å²) in [5.74, 6) is 0.182. The van der Waals surface area contributed by atoms with E-state index in [1.54, 1.807) is 26.0 Å². The van der Waals surface area contributed by atoms with Crippen LogP contribution in [0.1, 0.15) is 12.5 Å². The lowest BCUT2D eigenvalue weighted by Gasteiger charge is -2.00. The third-order valence-corrected chi connectivity index (χ3v) is 1.54. The number of rotatable bonds is 1. The lowest BCUT2D eigenvalue weighted by molar-refractivity contribution is 0.619. The van der Waals surface area contributed by atoms with E-state index in [0.717, 1.165) is 0 Å². The molecule has 0 saturated heterocycles. The van der Waals surface area contributed by atoms with Crippen LogP contribution in [-0.2, 0) is 0 Å². The Morgan fingerprint density at radius 1 is 1.50 bits per heavy atom. The van der Waals surface area contributed by atoms with Crippen LogP contribution in [0, 0.1) is 12.7 Å².